The third kappa shape index (κ3) is 4.80. The average Bonchev–Trinajstić information content (AvgIpc) is 3.16. The molecular formula is C16H13ClF3N5O2. The fourth-order valence-corrected chi connectivity index (χ4v) is 2.46. The molecule has 0 fully saturated rings. The molecule has 2 aromatic rings. The summed E-state index contributed by atoms with van der Waals surface area (Å²) in [6.45, 7) is -0.385. The molecule has 1 amide bonds. The maximum absolute atomic E-state index is 12.9. The van der Waals surface area contributed by atoms with Crippen LogP contribution in [-0.4, -0.2) is 18.3 Å². The number of alkyl halides is 3. The highest BCUT2D eigenvalue weighted by Gasteiger charge is 2.33. The maximum Gasteiger partial charge on any atom is 0.417 e. The van der Waals surface area contributed by atoms with Gasteiger partial charge in [-0.25, -0.2) is 5.53 Å². The van der Waals surface area contributed by atoms with Crippen LogP contribution in [0.4, 0.5) is 18.9 Å². The van der Waals surface area contributed by atoms with Gasteiger partial charge in [0.05, 0.1) is 10.6 Å². The maximum atomic E-state index is 12.9. The lowest BCUT2D eigenvalue weighted by Gasteiger charge is -2.12. The predicted molar refractivity (Wildman–Crippen MR) is 93.0 cm³/mol. The third-order valence-electron chi connectivity index (χ3n) is 3.44. The highest BCUT2D eigenvalue weighted by atomic mass is 35.5. The standard InChI is InChI=1S/C16H13ClF3N5O2/c17-13-5-4-10(7-12(13)16(18,19)20)21-14(26)8-27-11-3-1-2-9(6-11)15-22-24-25-23-15/h1-7,24-25H,8H2,(H,21,26)(H,22,23). The summed E-state index contributed by atoms with van der Waals surface area (Å²) in [4.78, 5) is 12.0. The zero-order valence-corrected chi connectivity index (χ0v) is 14.3. The molecule has 11 heteroatoms. The third-order valence-corrected chi connectivity index (χ3v) is 3.77. The summed E-state index contributed by atoms with van der Waals surface area (Å²) < 4.78 is 43.9. The van der Waals surface area contributed by atoms with Gasteiger partial charge >= 0.3 is 6.18 Å². The van der Waals surface area contributed by atoms with Crippen molar-refractivity contribution in [1.29, 1.82) is 0 Å². The summed E-state index contributed by atoms with van der Waals surface area (Å²) in [5.74, 6) is 0.312. The number of carbonyl (C=O) groups is 1. The molecule has 0 aromatic heterocycles. The van der Waals surface area contributed by atoms with Crippen LogP contribution in [0.1, 0.15) is 11.1 Å². The Hall–Kier alpha value is -2.98. The molecule has 0 saturated carbocycles. The fraction of sp³-hybridized carbons (Fsp3) is 0.125. The number of rotatable bonds is 5. The van der Waals surface area contributed by atoms with Crippen molar-refractivity contribution in [1.82, 2.24) is 16.5 Å². The monoisotopic (exact) mass is 399 g/mol. The van der Waals surface area contributed by atoms with E-state index in [1.807, 2.05) is 0 Å². The lowest BCUT2D eigenvalue weighted by molar-refractivity contribution is -0.137. The Balaban J connectivity index is 1.61. The molecule has 27 heavy (non-hydrogen) atoms. The summed E-state index contributed by atoms with van der Waals surface area (Å²) in [6.07, 6.45) is -4.62. The molecule has 7 nitrogen and oxygen atoms in total. The average molecular weight is 400 g/mol. The van der Waals surface area contributed by atoms with E-state index >= 15 is 0 Å². The van der Waals surface area contributed by atoms with Gasteiger partial charge in [-0.1, -0.05) is 23.7 Å². The number of nitrogens with zero attached hydrogens (tertiary/aromatic N) is 1. The minimum Gasteiger partial charge on any atom is -0.484 e. The number of benzene rings is 2. The van der Waals surface area contributed by atoms with Gasteiger partial charge in [-0.3, -0.25) is 10.2 Å². The Morgan fingerprint density at radius 3 is 2.74 bits per heavy atom. The smallest absolute Gasteiger partial charge is 0.417 e. The van der Waals surface area contributed by atoms with Gasteiger partial charge < -0.3 is 10.1 Å². The molecule has 0 spiro atoms. The summed E-state index contributed by atoms with van der Waals surface area (Å²) in [7, 11) is 0. The van der Waals surface area contributed by atoms with Crippen molar-refractivity contribution >= 4 is 29.0 Å². The van der Waals surface area contributed by atoms with Crippen LogP contribution in [-0.2, 0) is 11.0 Å². The largest absolute Gasteiger partial charge is 0.484 e. The molecule has 1 aliphatic rings. The molecule has 4 N–H and O–H groups in total. The van der Waals surface area contributed by atoms with Gasteiger partial charge in [0.2, 0.25) is 0 Å². The van der Waals surface area contributed by atoms with Crippen LogP contribution in [0.15, 0.2) is 47.6 Å². The second-order valence-corrected chi connectivity index (χ2v) is 5.79. The number of amides is 1. The van der Waals surface area contributed by atoms with E-state index in [9.17, 15) is 18.0 Å². The molecule has 0 radical (unpaired) electrons. The van der Waals surface area contributed by atoms with Gasteiger partial charge in [0.25, 0.3) is 5.91 Å². The Morgan fingerprint density at radius 2 is 2.04 bits per heavy atom. The molecular weight excluding hydrogens is 387 g/mol. The summed E-state index contributed by atoms with van der Waals surface area (Å²) >= 11 is 5.55. The molecule has 0 saturated heterocycles. The number of amidine groups is 1. The van der Waals surface area contributed by atoms with Crippen LogP contribution in [0, 0.1) is 0 Å². The first-order chi connectivity index (χ1) is 12.8. The van der Waals surface area contributed by atoms with Crippen LogP contribution in [0.25, 0.3) is 0 Å². The predicted octanol–water partition coefficient (Wildman–Crippen LogP) is 2.65. The van der Waals surface area contributed by atoms with E-state index in [4.69, 9.17) is 16.3 Å². The first-order valence-electron chi connectivity index (χ1n) is 7.56. The number of hydrogen-bond acceptors (Lipinski definition) is 6. The zero-order chi connectivity index (χ0) is 19.4. The molecule has 1 heterocycles. The zero-order valence-electron chi connectivity index (χ0n) is 13.5. The van der Waals surface area contributed by atoms with Gasteiger partial charge in [-0.2, -0.15) is 13.2 Å². The van der Waals surface area contributed by atoms with Gasteiger partial charge in [-0.05, 0) is 30.3 Å². The number of hydrazine groups is 2. The van der Waals surface area contributed by atoms with E-state index in [1.54, 1.807) is 24.3 Å². The molecule has 0 aliphatic carbocycles. The number of anilines is 1. The second kappa shape index (κ2) is 7.72. The van der Waals surface area contributed by atoms with Crippen LogP contribution < -0.4 is 26.5 Å². The van der Waals surface area contributed by atoms with Crippen molar-refractivity contribution in [2.24, 2.45) is 5.10 Å². The summed E-state index contributed by atoms with van der Waals surface area (Å²) in [5.41, 5.74) is 7.53. The normalized spacial score (nSPS) is 13.4. The summed E-state index contributed by atoms with van der Waals surface area (Å²) in [5, 5.41) is 5.84. The van der Waals surface area contributed by atoms with Crippen molar-refractivity contribution in [3.63, 3.8) is 0 Å². The SMILES string of the molecule is O=C(COc1cccc(C2=NNNN2)c1)Nc1ccc(Cl)c(C(F)(F)F)c1. The van der Waals surface area contributed by atoms with E-state index < -0.39 is 22.7 Å². The molecule has 0 atom stereocenters. The highest BCUT2D eigenvalue weighted by Crippen LogP contribution is 2.36. The Kier molecular flexibility index (Phi) is 5.38. The fourth-order valence-electron chi connectivity index (χ4n) is 2.24. The molecule has 142 valence electrons. The molecule has 0 bridgehead atoms. The van der Waals surface area contributed by atoms with Gasteiger partial charge in [0.1, 0.15) is 5.75 Å². The van der Waals surface area contributed by atoms with E-state index in [1.165, 1.54) is 6.07 Å². The number of carbonyl (C=O) groups excluding carboxylic acids is 1. The van der Waals surface area contributed by atoms with Gasteiger partial charge in [0, 0.05) is 11.3 Å². The van der Waals surface area contributed by atoms with Crippen molar-refractivity contribution in [3.8, 4) is 5.75 Å². The van der Waals surface area contributed by atoms with Crippen LogP contribution >= 0.6 is 11.6 Å². The number of hydrazone groups is 1. The van der Waals surface area contributed by atoms with Gasteiger partial charge in [-0.15, -0.1) is 10.6 Å². The Morgan fingerprint density at radius 1 is 1.22 bits per heavy atom. The van der Waals surface area contributed by atoms with Crippen molar-refractivity contribution in [2.75, 3.05) is 11.9 Å². The number of ether oxygens (including phenoxy) is 1. The second-order valence-electron chi connectivity index (χ2n) is 5.38. The lowest BCUT2D eigenvalue weighted by atomic mass is 10.2. The van der Waals surface area contributed by atoms with Crippen molar-refractivity contribution in [3.05, 3.63) is 58.6 Å². The Bertz CT molecular complexity index is 889. The molecule has 0 unspecified atom stereocenters. The van der Waals surface area contributed by atoms with Crippen LogP contribution in [0.2, 0.25) is 5.02 Å². The van der Waals surface area contributed by atoms with Gasteiger partial charge in [0.15, 0.2) is 12.4 Å². The number of nitrogens with one attached hydrogen (secondary N) is 4. The van der Waals surface area contributed by atoms with E-state index in [0.717, 1.165) is 12.1 Å². The minimum absolute atomic E-state index is 0.0317. The summed E-state index contributed by atoms with van der Waals surface area (Å²) in [6, 6.07) is 9.89. The highest BCUT2D eigenvalue weighted by molar-refractivity contribution is 6.31. The minimum atomic E-state index is -4.62. The Labute approximate surface area is 156 Å². The van der Waals surface area contributed by atoms with Crippen molar-refractivity contribution in [2.45, 2.75) is 6.18 Å². The van der Waals surface area contributed by atoms with E-state index in [2.05, 4.69) is 26.9 Å². The van der Waals surface area contributed by atoms with Crippen LogP contribution in [0.3, 0.4) is 0 Å². The first-order valence-corrected chi connectivity index (χ1v) is 7.94. The lowest BCUT2D eigenvalue weighted by Crippen LogP contribution is -2.35. The van der Waals surface area contributed by atoms with E-state index in [0.29, 0.717) is 17.1 Å². The first kappa shape index (κ1) is 18.8. The van der Waals surface area contributed by atoms with E-state index in [-0.39, 0.29) is 12.3 Å². The molecule has 3 rings (SSSR count). The van der Waals surface area contributed by atoms with Crippen LogP contribution in [0.5, 0.6) is 5.75 Å². The topological polar surface area (TPSA) is 86.8 Å². The number of halogens is 4. The number of hydrogen-bond donors (Lipinski definition) is 4. The quantitative estimate of drug-likeness (QED) is 0.621. The molecule has 2 aromatic carbocycles. The van der Waals surface area contributed by atoms with Crippen molar-refractivity contribution < 1.29 is 22.7 Å². The molecule has 1 aliphatic heterocycles.